The number of fused-ring (bicyclic) bond motifs is 1. The van der Waals surface area contributed by atoms with E-state index in [2.05, 4.69) is 43.4 Å². The second-order valence-electron chi connectivity index (χ2n) is 9.81. The molecular weight excluding hydrogens is 432 g/mol. The summed E-state index contributed by atoms with van der Waals surface area (Å²) in [5.74, 6) is 0.107. The normalized spacial score (nSPS) is 15.7. The zero-order valence-corrected chi connectivity index (χ0v) is 20.8. The van der Waals surface area contributed by atoms with E-state index in [4.69, 9.17) is 0 Å². The van der Waals surface area contributed by atoms with E-state index in [1.165, 1.54) is 26.5 Å². The maximum absolute atomic E-state index is 13.5. The Hall–Kier alpha value is -2.93. The third-order valence-electron chi connectivity index (χ3n) is 6.62. The molecule has 0 saturated carbocycles. The molecule has 0 radical (unpaired) electrons. The van der Waals surface area contributed by atoms with Gasteiger partial charge < -0.3 is 10.6 Å². The predicted molar refractivity (Wildman–Crippen MR) is 134 cm³/mol. The van der Waals surface area contributed by atoms with E-state index < -0.39 is 0 Å². The number of rotatable bonds is 5. The predicted octanol–water partition coefficient (Wildman–Crippen LogP) is 5.70. The first-order valence-corrected chi connectivity index (χ1v) is 12.3. The number of aromatic nitrogens is 2. The van der Waals surface area contributed by atoms with Crippen molar-refractivity contribution < 1.29 is 9.59 Å². The van der Waals surface area contributed by atoms with Gasteiger partial charge in [-0.15, -0.1) is 11.3 Å². The molecule has 2 amide bonds. The molecule has 2 aromatic heterocycles. The van der Waals surface area contributed by atoms with Crippen LogP contribution in [-0.4, -0.2) is 21.6 Å². The van der Waals surface area contributed by atoms with Crippen molar-refractivity contribution in [3.8, 4) is 0 Å². The molecule has 7 heteroatoms. The summed E-state index contributed by atoms with van der Waals surface area (Å²) in [6, 6.07) is 9.58. The Morgan fingerprint density at radius 1 is 1.12 bits per heavy atom. The highest BCUT2D eigenvalue weighted by Crippen LogP contribution is 2.44. The third kappa shape index (κ3) is 4.88. The van der Waals surface area contributed by atoms with Crippen LogP contribution in [-0.2, 0) is 26.3 Å². The number of carbonyl (C=O) groups excluding carboxylic acids is 2. The number of amides is 2. The Balaban J connectivity index is 1.67. The summed E-state index contributed by atoms with van der Waals surface area (Å²) < 4.78 is 1.54. The fourth-order valence-electron chi connectivity index (χ4n) is 4.43. The van der Waals surface area contributed by atoms with Crippen molar-refractivity contribution in [2.45, 2.75) is 53.4 Å². The molecule has 6 nitrogen and oxygen atoms in total. The lowest BCUT2D eigenvalue weighted by Crippen LogP contribution is -2.27. The quantitative estimate of drug-likeness (QED) is 0.509. The second-order valence-corrected chi connectivity index (χ2v) is 10.9. The highest BCUT2D eigenvalue weighted by molar-refractivity contribution is 7.17. The number of carbonyl (C=O) groups is 2. The van der Waals surface area contributed by atoms with Gasteiger partial charge in [0.2, 0.25) is 0 Å². The number of benzene rings is 1. The Labute approximate surface area is 199 Å². The van der Waals surface area contributed by atoms with E-state index in [0.717, 1.165) is 36.9 Å². The molecule has 3 aromatic rings. The van der Waals surface area contributed by atoms with E-state index in [0.29, 0.717) is 22.2 Å². The minimum atomic E-state index is -0.262. The summed E-state index contributed by atoms with van der Waals surface area (Å²) >= 11 is 1.54. The van der Waals surface area contributed by atoms with Crippen LogP contribution < -0.4 is 10.6 Å². The summed E-state index contributed by atoms with van der Waals surface area (Å²) in [6.45, 7) is 8.92. The van der Waals surface area contributed by atoms with Crippen LogP contribution in [0.5, 0.6) is 0 Å². The van der Waals surface area contributed by atoms with E-state index in [1.807, 2.05) is 24.3 Å². The maximum Gasteiger partial charge on any atom is 0.274 e. The van der Waals surface area contributed by atoms with Crippen molar-refractivity contribution in [2.75, 3.05) is 10.6 Å². The summed E-state index contributed by atoms with van der Waals surface area (Å²) in [6.07, 6.45) is 5.35. The third-order valence-corrected chi connectivity index (χ3v) is 7.79. The number of anilines is 2. The number of hydrogen-bond donors (Lipinski definition) is 2. The molecule has 2 N–H and O–H groups in total. The summed E-state index contributed by atoms with van der Waals surface area (Å²) in [7, 11) is 1.73. The monoisotopic (exact) mass is 464 g/mol. The van der Waals surface area contributed by atoms with Gasteiger partial charge in [0.15, 0.2) is 0 Å². The second kappa shape index (κ2) is 9.14. The molecule has 1 atom stereocenters. The van der Waals surface area contributed by atoms with Crippen LogP contribution in [0.2, 0.25) is 0 Å². The molecule has 4 rings (SSSR count). The molecule has 0 fully saturated rings. The summed E-state index contributed by atoms with van der Waals surface area (Å²) in [5, 5.41) is 10.8. The number of nitrogens with one attached hydrogen (secondary N) is 2. The number of hydrogen-bond acceptors (Lipinski definition) is 4. The minimum Gasteiger partial charge on any atom is -0.322 e. The molecule has 1 aromatic carbocycles. The molecule has 0 spiro atoms. The van der Waals surface area contributed by atoms with E-state index in [1.54, 1.807) is 19.3 Å². The Kier molecular flexibility index (Phi) is 6.43. The van der Waals surface area contributed by atoms with Crippen molar-refractivity contribution >= 4 is 33.8 Å². The van der Waals surface area contributed by atoms with Crippen molar-refractivity contribution in [2.24, 2.45) is 18.4 Å². The Bertz CT molecular complexity index is 1170. The topological polar surface area (TPSA) is 76.0 Å². The number of thiophene rings is 1. The molecule has 174 valence electrons. The van der Waals surface area contributed by atoms with Gasteiger partial charge in [0.05, 0.1) is 5.56 Å². The molecule has 0 aliphatic heterocycles. The fraction of sp³-hybridized carbons (Fsp3) is 0.423. The molecule has 2 heterocycles. The molecule has 0 saturated heterocycles. The van der Waals surface area contributed by atoms with Gasteiger partial charge in [-0.1, -0.05) is 39.8 Å². The average molecular weight is 465 g/mol. The average Bonchev–Trinajstić information content (AvgIpc) is 3.36. The first-order chi connectivity index (χ1) is 15.7. The molecular formula is C26H32N4O2S. The maximum atomic E-state index is 13.5. The van der Waals surface area contributed by atoms with E-state index in [-0.39, 0.29) is 17.2 Å². The first kappa shape index (κ1) is 23.2. The van der Waals surface area contributed by atoms with Gasteiger partial charge in [-0.25, -0.2) is 0 Å². The standard InChI is InChI=1S/C26H32N4O2S/c1-6-16-7-10-18(11-8-16)28-24(32)22-19-12-9-17(26(2,3)4)15-21(19)33-25(22)29-23(31)20-13-14-27-30(20)5/h7-8,10-11,13-14,17H,6,9,12,15H2,1-5H3,(H,28,32)(H,29,31). The zero-order valence-electron chi connectivity index (χ0n) is 20.0. The van der Waals surface area contributed by atoms with Gasteiger partial charge in [-0.2, -0.15) is 5.10 Å². The fourth-order valence-corrected chi connectivity index (χ4v) is 5.75. The highest BCUT2D eigenvalue weighted by Gasteiger charge is 2.34. The van der Waals surface area contributed by atoms with Crippen LogP contribution in [0.15, 0.2) is 36.5 Å². The van der Waals surface area contributed by atoms with Gasteiger partial charge in [-0.05, 0) is 66.3 Å². The van der Waals surface area contributed by atoms with Gasteiger partial charge in [0.25, 0.3) is 11.8 Å². The smallest absolute Gasteiger partial charge is 0.274 e. The van der Waals surface area contributed by atoms with Gasteiger partial charge in [-0.3, -0.25) is 14.3 Å². The zero-order chi connectivity index (χ0) is 23.8. The molecule has 1 unspecified atom stereocenters. The van der Waals surface area contributed by atoms with Crippen LogP contribution in [0.4, 0.5) is 10.7 Å². The molecule has 33 heavy (non-hydrogen) atoms. The SMILES string of the molecule is CCc1ccc(NC(=O)c2c(NC(=O)c3ccnn3C)sc3c2CCC(C(C)(C)C)C3)cc1. The van der Waals surface area contributed by atoms with Crippen LogP contribution in [0.3, 0.4) is 0 Å². The van der Waals surface area contributed by atoms with Crippen molar-refractivity contribution in [3.05, 3.63) is 63.8 Å². The van der Waals surface area contributed by atoms with Crippen molar-refractivity contribution in [1.82, 2.24) is 9.78 Å². The lowest BCUT2D eigenvalue weighted by molar-refractivity contribution is 0.101. The molecule has 1 aliphatic rings. The lowest BCUT2D eigenvalue weighted by atomic mass is 9.72. The van der Waals surface area contributed by atoms with Crippen LogP contribution >= 0.6 is 11.3 Å². The van der Waals surface area contributed by atoms with Gasteiger partial charge >= 0.3 is 0 Å². The molecule has 1 aliphatic carbocycles. The minimum absolute atomic E-state index is 0.175. The summed E-state index contributed by atoms with van der Waals surface area (Å²) in [5.41, 5.74) is 4.29. The largest absolute Gasteiger partial charge is 0.322 e. The highest BCUT2D eigenvalue weighted by atomic mass is 32.1. The van der Waals surface area contributed by atoms with Crippen LogP contribution in [0, 0.1) is 11.3 Å². The van der Waals surface area contributed by atoms with E-state index >= 15 is 0 Å². The molecule has 0 bridgehead atoms. The Morgan fingerprint density at radius 3 is 2.45 bits per heavy atom. The van der Waals surface area contributed by atoms with E-state index in [9.17, 15) is 9.59 Å². The number of nitrogens with zero attached hydrogens (tertiary/aromatic N) is 2. The van der Waals surface area contributed by atoms with Crippen LogP contribution in [0.1, 0.15) is 71.0 Å². The van der Waals surface area contributed by atoms with Crippen molar-refractivity contribution in [1.29, 1.82) is 0 Å². The van der Waals surface area contributed by atoms with Crippen LogP contribution in [0.25, 0.3) is 0 Å². The van der Waals surface area contributed by atoms with Gasteiger partial charge in [0, 0.05) is 23.8 Å². The summed E-state index contributed by atoms with van der Waals surface area (Å²) in [4.78, 5) is 27.6. The lowest BCUT2D eigenvalue weighted by Gasteiger charge is -2.33. The Morgan fingerprint density at radius 2 is 1.85 bits per heavy atom. The first-order valence-electron chi connectivity index (χ1n) is 11.5. The van der Waals surface area contributed by atoms with Gasteiger partial charge in [0.1, 0.15) is 10.7 Å². The van der Waals surface area contributed by atoms with Crippen molar-refractivity contribution in [3.63, 3.8) is 0 Å². The number of aryl methyl sites for hydroxylation is 2.